The van der Waals surface area contributed by atoms with E-state index in [-0.39, 0.29) is 10.6 Å². The van der Waals surface area contributed by atoms with Crippen LogP contribution >= 0.6 is 11.3 Å². The minimum absolute atomic E-state index is 0.150. The molecule has 4 aromatic rings. The molecule has 3 aromatic heterocycles. The molecule has 1 aromatic carbocycles. The van der Waals surface area contributed by atoms with E-state index in [1.54, 1.807) is 31.4 Å². The first-order valence-electron chi connectivity index (χ1n) is 9.60. The number of pyridine rings is 1. The summed E-state index contributed by atoms with van der Waals surface area (Å²) in [6.45, 7) is 0. The predicted molar refractivity (Wildman–Crippen MR) is 112 cm³/mol. The van der Waals surface area contributed by atoms with Gasteiger partial charge in [0.1, 0.15) is 15.5 Å². The number of thiophene rings is 1. The number of aryl methyl sites for hydroxylation is 2. The number of hydrogen-bond donors (Lipinski definition) is 2. The van der Waals surface area contributed by atoms with Gasteiger partial charge in [0.25, 0.3) is 5.78 Å². The number of rotatable bonds is 4. The predicted octanol–water partition coefficient (Wildman–Crippen LogP) is 2.55. The molecule has 152 valence electrons. The van der Waals surface area contributed by atoms with Crippen molar-refractivity contribution in [3.63, 3.8) is 0 Å². The minimum atomic E-state index is -0.764. The van der Waals surface area contributed by atoms with Crippen LogP contribution in [0.4, 0.5) is 5.69 Å². The van der Waals surface area contributed by atoms with Gasteiger partial charge in [0.05, 0.1) is 12.8 Å². The van der Waals surface area contributed by atoms with Crippen molar-refractivity contribution >= 4 is 33.0 Å². The molecular formula is C21H19N4O4S+. The molecule has 1 aliphatic carbocycles. The first-order valence-corrected chi connectivity index (χ1v) is 10.4. The summed E-state index contributed by atoms with van der Waals surface area (Å²) in [6, 6.07) is 8.92. The minimum Gasteiger partial charge on any atom is -0.497 e. The molecule has 3 heterocycles. The summed E-state index contributed by atoms with van der Waals surface area (Å²) in [5.74, 6) is 0.154. The third-order valence-electron chi connectivity index (χ3n) is 5.40. The Balaban J connectivity index is 1.61. The molecule has 0 saturated heterocycles. The number of nitrogen functional groups attached to an aromatic ring is 1. The van der Waals surface area contributed by atoms with Gasteiger partial charge in [-0.3, -0.25) is 9.32 Å². The van der Waals surface area contributed by atoms with Crippen LogP contribution in [0.25, 0.3) is 15.9 Å². The Hall–Kier alpha value is -3.46. The first-order chi connectivity index (χ1) is 14.6. The lowest BCUT2D eigenvalue weighted by atomic mass is 9.95. The highest BCUT2D eigenvalue weighted by Crippen LogP contribution is 2.36. The summed E-state index contributed by atoms with van der Waals surface area (Å²) in [7, 11) is 1.56. The molecule has 8 nitrogen and oxygen atoms in total. The maximum atomic E-state index is 13.3. The molecule has 0 saturated carbocycles. The molecular weight excluding hydrogens is 404 g/mol. The smallest absolute Gasteiger partial charge is 0.439 e. The van der Waals surface area contributed by atoms with Crippen LogP contribution < -0.4 is 20.8 Å². The fourth-order valence-corrected chi connectivity index (χ4v) is 4.85. The maximum Gasteiger partial charge on any atom is 0.439 e. The third-order valence-corrected chi connectivity index (χ3v) is 6.51. The molecule has 0 aliphatic heterocycles. The van der Waals surface area contributed by atoms with Crippen molar-refractivity contribution in [2.45, 2.75) is 25.7 Å². The van der Waals surface area contributed by atoms with Crippen molar-refractivity contribution in [2.75, 3.05) is 12.8 Å². The van der Waals surface area contributed by atoms with Gasteiger partial charge in [-0.15, -0.1) is 11.3 Å². The van der Waals surface area contributed by atoms with Crippen molar-refractivity contribution < 1.29 is 18.7 Å². The van der Waals surface area contributed by atoms with E-state index in [4.69, 9.17) is 20.0 Å². The van der Waals surface area contributed by atoms with E-state index >= 15 is 0 Å². The van der Waals surface area contributed by atoms with Crippen LogP contribution in [0.5, 0.6) is 5.75 Å². The summed E-state index contributed by atoms with van der Waals surface area (Å²) >= 11 is 1.21. The standard InChI is InChI=1S/C21H18N4O4S/c1-28-13-8-6-12(7-9-13)25-17(21(27)29-24-25)18(26)19-16(22)14-10-11-4-2-3-5-15(11)23-20(14)30-19/h6-10H,2-5H2,1H3,(H2-,22,24,26,27)/p+1. The molecule has 30 heavy (non-hydrogen) atoms. The van der Waals surface area contributed by atoms with Gasteiger partial charge in [0, 0.05) is 23.2 Å². The number of aromatic nitrogens is 3. The fraction of sp³-hybridized carbons (Fsp3) is 0.238. The summed E-state index contributed by atoms with van der Waals surface area (Å²) < 4.78 is 11.4. The van der Waals surface area contributed by atoms with Crippen LogP contribution in [0.2, 0.25) is 0 Å². The molecule has 1 aliphatic rings. The average molecular weight is 423 g/mol. The van der Waals surface area contributed by atoms with Crippen molar-refractivity contribution in [1.29, 1.82) is 0 Å². The number of nitrogens with two attached hydrogens (primary N) is 1. The lowest BCUT2D eigenvalue weighted by Crippen LogP contribution is -2.41. The highest BCUT2D eigenvalue weighted by atomic mass is 32.1. The van der Waals surface area contributed by atoms with E-state index in [9.17, 15) is 9.59 Å². The number of ketones is 1. The molecule has 3 N–H and O–H groups in total. The van der Waals surface area contributed by atoms with Crippen LogP contribution in [0.1, 0.15) is 39.5 Å². The number of aromatic amines is 1. The first kappa shape index (κ1) is 18.6. The second-order valence-corrected chi connectivity index (χ2v) is 8.19. The van der Waals surface area contributed by atoms with Crippen molar-refractivity contribution in [3.05, 3.63) is 62.6 Å². The molecule has 0 radical (unpaired) electrons. The third kappa shape index (κ3) is 2.89. The maximum absolute atomic E-state index is 13.3. The molecule has 9 heteroatoms. The number of methoxy groups -OCH3 is 1. The zero-order valence-electron chi connectivity index (χ0n) is 16.2. The van der Waals surface area contributed by atoms with Gasteiger partial charge in [-0.1, -0.05) is 0 Å². The van der Waals surface area contributed by atoms with Gasteiger partial charge >= 0.3 is 11.3 Å². The van der Waals surface area contributed by atoms with E-state index in [1.165, 1.54) is 21.6 Å². The van der Waals surface area contributed by atoms with E-state index in [0.29, 0.717) is 22.0 Å². The Kier molecular flexibility index (Phi) is 4.39. The molecule has 5 rings (SSSR count). The van der Waals surface area contributed by atoms with Crippen LogP contribution in [0.3, 0.4) is 0 Å². The monoisotopic (exact) mass is 423 g/mol. The van der Waals surface area contributed by atoms with Crippen molar-refractivity contribution in [2.24, 2.45) is 0 Å². The number of carbonyl (C=O) groups excluding carboxylic acids is 1. The van der Waals surface area contributed by atoms with Crippen LogP contribution in [-0.2, 0) is 12.8 Å². The zero-order valence-corrected chi connectivity index (χ0v) is 17.0. The van der Waals surface area contributed by atoms with Gasteiger partial charge in [-0.2, -0.15) is 0 Å². The number of benzene rings is 1. The quantitative estimate of drug-likeness (QED) is 0.385. The summed E-state index contributed by atoms with van der Waals surface area (Å²) in [5, 5.41) is 3.26. The van der Waals surface area contributed by atoms with E-state index < -0.39 is 11.4 Å². The lowest BCUT2D eigenvalue weighted by molar-refractivity contribution is -0.672. The Labute approximate surface area is 174 Å². The Morgan fingerprint density at radius 1 is 1.27 bits per heavy atom. The SMILES string of the molecule is COc1ccc(-[n+]2[nH]oc(=O)c2C(=O)c2sc3nc4c(cc3c2N)CCCC4)cc1. The van der Waals surface area contributed by atoms with Gasteiger partial charge in [0.2, 0.25) is 5.69 Å². The summed E-state index contributed by atoms with van der Waals surface area (Å²) in [6.07, 6.45) is 4.15. The zero-order chi connectivity index (χ0) is 20.8. The number of hydrogen-bond acceptors (Lipinski definition) is 7. The second-order valence-electron chi connectivity index (χ2n) is 7.19. The Morgan fingerprint density at radius 2 is 2.03 bits per heavy atom. The molecule has 0 atom stereocenters. The number of carbonyl (C=O) groups is 1. The molecule has 0 amide bonds. The number of anilines is 1. The van der Waals surface area contributed by atoms with Gasteiger partial charge in [-0.25, -0.2) is 9.78 Å². The largest absolute Gasteiger partial charge is 0.497 e. The molecule has 0 fully saturated rings. The highest BCUT2D eigenvalue weighted by Gasteiger charge is 2.34. The Morgan fingerprint density at radius 3 is 2.80 bits per heavy atom. The summed E-state index contributed by atoms with van der Waals surface area (Å²) in [5.41, 5.74) is 8.59. The summed E-state index contributed by atoms with van der Waals surface area (Å²) in [4.78, 5) is 31.4. The molecule has 0 spiro atoms. The van der Waals surface area contributed by atoms with Crippen LogP contribution in [0, 0.1) is 0 Å². The topological polar surface area (TPSA) is 115 Å². The van der Waals surface area contributed by atoms with Gasteiger partial charge in [0.15, 0.2) is 0 Å². The van der Waals surface area contributed by atoms with E-state index in [2.05, 4.69) is 5.27 Å². The second kappa shape index (κ2) is 7.10. The van der Waals surface area contributed by atoms with Crippen LogP contribution in [-0.4, -0.2) is 23.1 Å². The number of nitrogens with zero attached hydrogens (tertiary/aromatic N) is 2. The van der Waals surface area contributed by atoms with Crippen LogP contribution in [0.15, 0.2) is 39.6 Å². The van der Waals surface area contributed by atoms with E-state index in [0.717, 1.165) is 36.8 Å². The molecule has 0 unspecified atom stereocenters. The molecule has 0 bridgehead atoms. The lowest BCUT2D eigenvalue weighted by Gasteiger charge is -2.14. The number of ether oxygens (including phenoxy) is 1. The fourth-order valence-electron chi connectivity index (χ4n) is 3.82. The number of H-pyrrole nitrogens is 1. The van der Waals surface area contributed by atoms with Crippen molar-refractivity contribution in [3.8, 4) is 11.4 Å². The van der Waals surface area contributed by atoms with Gasteiger partial charge < -0.3 is 10.5 Å². The van der Waals surface area contributed by atoms with Gasteiger partial charge in [-0.05, 0) is 59.4 Å². The van der Waals surface area contributed by atoms with Crippen molar-refractivity contribution in [1.82, 2.24) is 10.3 Å². The highest BCUT2D eigenvalue weighted by molar-refractivity contribution is 7.21. The normalized spacial score (nSPS) is 13.4. The number of fused-ring (bicyclic) bond motifs is 2. The number of nitrogens with one attached hydrogen (secondary N) is 1. The Bertz CT molecular complexity index is 1330. The van der Waals surface area contributed by atoms with E-state index in [1.807, 2.05) is 6.07 Å². The average Bonchev–Trinajstić information content (AvgIpc) is 3.32.